The fourth-order valence-corrected chi connectivity index (χ4v) is 3.93. The van der Waals surface area contributed by atoms with Gasteiger partial charge in [0.1, 0.15) is 0 Å². The molecule has 0 saturated carbocycles. The second kappa shape index (κ2) is 7.63. The van der Waals surface area contributed by atoms with Gasteiger partial charge >= 0.3 is 0 Å². The predicted octanol–water partition coefficient (Wildman–Crippen LogP) is 1.56. The number of ether oxygens (including phenoxy) is 1. The molecule has 0 unspecified atom stereocenters. The molecule has 0 spiro atoms. The molecule has 1 heterocycles. The Morgan fingerprint density at radius 2 is 2.00 bits per heavy atom. The molecule has 0 bridgehead atoms. The summed E-state index contributed by atoms with van der Waals surface area (Å²) in [5, 5.41) is 3.14. The van der Waals surface area contributed by atoms with Crippen molar-refractivity contribution in [3.63, 3.8) is 0 Å². The van der Waals surface area contributed by atoms with Gasteiger partial charge in [0, 0.05) is 37.9 Å². The molecule has 6 nitrogen and oxygen atoms in total. The number of benzene rings is 1. The van der Waals surface area contributed by atoms with Crippen molar-refractivity contribution in [3.05, 3.63) is 35.4 Å². The number of aryl methyl sites for hydroxylation is 1. The Labute approximate surface area is 144 Å². The topological polar surface area (TPSA) is 75.7 Å². The third-order valence-electron chi connectivity index (χ3n) is 4.59. The molecule has 24 heavy (non-hydrogen) atoms. The van der Waals surface area contributed by atoms with Crippen LogP contribution in [0.4, 0.5) is 0 Å². The SMILES string of the molecule is COCCC1(NC(=O)c2cccc(C)c2)CCN(S(C)(=O)=O)CC1. The van der Waals surface area contributed by atoms with E-state index in [2.05, 4.69) is 5.32 Å². The Morgan fingerprint density at radius 3 is 2.54 bits per heavy atom. The van der Waals surface area contributed by atoms with Crippen molar-refractivity contribution in [1.82, 2.24) is 9.62 Å². The fourth-order valence-electron chi connectivity index (χ4n) is 3.08. The van der Waals surface area contributed by atoms with E-state index in [0.29, 0.717) is 44.5 Å². The van der Waals surface area contributed by atoms with Gasteiger partial charge in [0.2, 0.25) is 10.0 Å². The summed E-state index contributed by atoms with van der Waals surface area (Å²) in [4.78, 5) is 12.6. The van der Waals surface area contributed by atoms with Gasteiger partial charge in [0.05, 0.1) is 6.26 Å². The minimum atomic E-state index is -3.19. The highest BCUT2D eigenvalue weighted by Crippen LogP contribution is 2.27. The molecule has 2 rings (SSSR count). The Hall–Kier alpha value is -1.44. The number of rotatable bonds is 6. The minimum Gasteiger partial charge on any atom is -0.385 e. The van der Waals surface area contributed by atoms with Gasteiger partial charge in [-0.3, -0.25) is 4.79 Å². The standard InChI is InChI=1S/C17H26N2O4S/c1-14-5-4-6-15(13-14)16(20)18-17(9-12-23-2)7-10-19(11-8-17)24(3,21)22/h4-6,13H,7-12H2,1-3H3,(H,18,20). The molecule has 1 aliphatic rings. The lowest BCUT2D eigenvalue weighted by Gasteiger charge is -2.41. The van der Waals surface area contributed by atoms with Crippen molar-refractivity contribution in [3.8, 4) is 0 Å². The van der Waals surface area contributed by atoms with E-state index in [1.807, 2.05) is 25.1 Å². The van der Waals surface area contributed by atoms with Crippen molar-refractivity contribution >= 4 is 15.9 Å². The first-order valence-corrected chi connectivity index (χ1v) is 9.94. The molecule has 0 atom stereocenters. The van der Waals surface area contributed by atoms with E-state index < -0.39 is 15.6 Å². The van der Waals surface area contributed by atoms with Crippen LogP contribution in [0.15, 0.2) is 24.3 Å². The number of methoxy groups -OCH3 is 1. The van der Waals surface area contributed by atoms with E-state index in [-0.39, 0.29) is 5.91 Å². The third kappa shape index (κ3) is 4.78. The van der Waals surface area contributed by atoms with Crippen LogP contribution < -0.4 is 5.32 Å². The Morgan fingerprint density at radius 1 is 1.33 bits per heavy atom. The van der Waals surface area contributed by atoms with Crippen molar-refractivity contribution in [2.45, 2.75) is 31.7 Å². The quantitative estimate of drug-likeness (QED) is 0.841. The van der Waals surface area contributed by atoms with Gasteiger partial charge in [-0.1, -0.05) is 17.7 Å². The number of sulfonamides is 1. The summed E-state index contributed by atoms with van der Waals surface area (Å²) in [6.45, 7) is 3.29. The van der Waals surface area contributed by atoms with Crippen LogP contribution in [0.2, 0.25) is 0 Å². The first-order valence-electron chi connectivity index (χ1n) is 8.09. The second-order valence-electron chi connectivity index (χ2n) is 6.51. The number of carbonyl (C=O) groups excluding carboxylic acids is 1. The molecule has 1 fully saturated rings. The van der Waals surface area contributed by atoms with E-state index in [1.54, 1.807) is 13.2 Å². The summed E-state index contributed by atoms with van der Waals surface area (Å²) in [6, 6.07) is 7.45. The summed E-state index contributed by atoms with van der Waals surface area (Å²) in [5.41, 5.74) is 1.22. The van der Waals surface area contributed by atoms with Gasteiger partial charge < -0.3 is 10.1 Å². The molecule has 1 saturated heterocycles. The molecular weight excluding hydrogens is 328 g/mol. The van der Waals surface area contributed by atoms with Crippen LogP contribution in [0.25, 0.3) is 0 Å². The molecular formula is C17H26N2O4S. The number of piperidine rings is 1. The number of hydrogen-bond donors (Lipinski definition) is 1. The fraction of sp³-hybridized carbons (Fsp3) is 0.588. The van der Waals surface area contributed by atoms with E-state index >= 15 is 0 Å². The summed E-state index contributed by atoms with van der Waals surface area (Å²) < 4.78 is 30.1. The number of nitrogens with one attached hydrogen (secondary N) is 1. The Balaban J connectivity index is 2.13. The minimum absolute atomic E-state index is 0.123. The third-order valence-corrected chi connectivity index (χ3v) is 5.90. The van der Waals surface area contributed by atoms with E-state index in [9.17, 15) is 13.2 Å². The lowest BCUT2D eigenvalue weighted by molar-refractivity contribution is 0.0784. The molecule has 134 valence electrons. The molecule has 1 amide bonds. The zero-order valence-corrected chi connectivity index (χ0v) is 15.4. The van der Waals surface area contributed by atoms with Crippen LogP contribution in [0, 0.1) is 6.92 Å². The van der Waals surface area contributed by atoms with Gasteiger partial charge in [0.25, 0.3) is 5.91 Å². The van der Waals surface area contributed by atoms with Gasteiger partial charge in [-0.2, -0.15) is 0 Å². The summed E-state index contributed by atoms with van der Waals surface area (Å²) in [6.07, 6.45) is 3.06. The number of amides is 1. The van der Waals surface area contributed by atoms with Crippen LogP contribution in [0.5, 0.6) is 0 Å². The maximum absolute atomic E-state index is 12.6. The van der Waals surface area contributed by atoms with Crippen molar-refractivity contribution in [2.24, 2.45) is 0 Å². The van der Waals surface area contributed by atoms with Crippen molar-refractivity contribution < 1.29 is 17.9 Å². The monoisotopic (exact) mass is 354 g/mol. The van der Waals surface area contributed by atoms with Gasteiger partial charge in [-0.25, -0.2) is 12.7 Å². The highest BCUT2D eigenvalue weighted by atomic mass is 32.2. The Kier molecular flexibility index (Phi) is 6.01. The molecule has 1 aromatic carbocycles. The molecule has 0 radical (unpaired) electrons. The average Bonchev–Trinajstić information content (AvgIpc) is 2.52. The average molecular weight is 354 g/mol. The maximum atomic E-state index is 12.6. The first kappa shape index (κ1) is 18.9. The van der Waals surface area contributed by atoms with Gasteiger partial charge in [-0.05, 0) is 38.3 Å². The zero-order chi connectivity index (χ0) is 17.8. The van der Waals surface area contributed by atoms with E-state index in [4.69, 9.17) is 4.74 Å². The molecule has 0 aliphatic carbocycles. The largest absolute Gasteiger partial charge is 0.385 e. The first-order chi connectivity index (χ1) is 11.3. The van der Waals surface area contributed by atoms with Crippen LogP contribution in [-0.2, 0) is 14.8 Å². The normalized spacial score (nSPS) is 18.3. The zero-order valence-electron chi connectivity index (χ0n) is 14.5. The lowest BCUT2D eigenvalue weighted by atomic mass is 9.85. The second-order valence-corrected chi connectivity index (χ2v) is 8.49. The lowest BCUT2D eigenvalue weighted by Crippen LogP contribution is -2.56. The highest BCUT2D eigenvalue weighted by molar-refractivity contribution is 7.88. The number of hydrogen-bond acceptors (Lipinski definition) is 4. The predicted molar refractivity (Wildman–Crippen MR) is 93.5 cm³/mol. The van der Waals surface area contributed by atoms with Crippen LogP contribution in [0.1, 0.15) is 35.2 Å². The number of nitrogens with zero attached hydrogens (tertiary/aromatic N) is 1. The molecule has 0 aromatic heterocycles. The molecule has 1 N–H and O–H groups in total. The van der Waals surface area contributed by atoms with E-state index in [1.165, 1.54) is 10.6 Å². The van der Waals surface area contributed by atoms with Gasteiger partial charge in [-0.15, -0.1) is 0 Å². The highest BCUT2D eigenvalue weighted by Gasteiger charge is 2.38. The Bertz CT molecular complexity index is 680. The molecule has 7 heteroatoms. The van der Waals surface area contributed by atoms with Crippen molar-refractivity contribution in [1.29, 1.82) is 0 Å². The smallest absolute Gasteiger partial charge is 0.251 e. The summed E-state index contributed by atoms with van der Waals surface area (Å²) >= 11 is 0. The number of carbonyl (C=O) groups is 1. The van der Waals surface area contributed by atoms with E-state index in [0.717, 1.165) is 5.56 Å². The van der Waals surface area contributed by atoms with Gasteiger partial charge in [0.15, 0.2) is 0 Å². The maximum Gasteiger partial charge on any atom is 0.251 e. The van der Waals surface area contributed by atoms with Crippen LogP contribution in [-0.4, -0.2) is 57.2 Å². The van der Waals surface area contributed by atoms with Crippen LogP contribution in [0.3, 0.4) is 0 Å². The summed E-state index contributed by atoms with van der Waals surface area (Å²) in [5.74, 6) is -0.123. The van der Waals surface area contributed by atoms with Crippen LogP contribution >= 0.6 is 0 Å². The molecule has 1 aromatic rings. The summed E-state index contributed by atoms with van der Waals surface area (Å²) in [7, 11) is -1.57. The molecule has 1 aliphatic heterocycles. The van der Waals surface area contributed by atoms with Crippen molar-refractivity contribution in [2.75, 3.05) is 33.1 Å².